The van der Waals surface area contributed by atoms with E-state index in [4.69, 9.17) is 10.5 Å². The minimum absolute atomic E-state index is 0.0321. The molecular formula is C15H22N2O3S. The van der Waals surface area contributed by atoms with Crippen molar-refractivity contribution in [1.82, 2.24) is 4.31 Å². The molecule has 0 amide bonds. The van der Waals surface area contributed by atoms with Crippen LogP contribution in [0.25, 0.3) is 0 Å². The molecule has 0 aromatic heterocycles. The zero-order valence-electron chi connectivity index (χ0n) is 12.5. The quantitative estimate of drug-likeness (QED) is 0.861. The van der Waals surface area contributed by atoms with Crippen LogP contribution in [0, 0.1) is 5.41 Å². The van der Waals surface area contributed by atoms with Crippen molar-refractivity contribution in [1.29, 1.82) is 0 Å². The van der Waals surface area contributed by atoms with Gasteiger partial charge in [0.1, 0.15) is 0 Å². The monoisotopic (exact) mass is 310 g/mol. The van der Waals surface area contributed by atoms with E-state index in [0.29, 0.717) is 10.6 Å². The van der Waals surface area contributed by atoms with Gasteiger partial charge in [-0.1, -0.05) is 6.42 Å². The van der Waals surface area contributed by atoms with Crippen LogP contribution in [0.2, 0.25) is 0 Å². The number of nitrogen functional groups attached to an aromatic ring is 1. The third-order valence-electron chi connectivity index (χ3n) is 5.31. The fourth-order valence-corrected chi connectivity index (χ4v) is 5.23. The maximum atomic E-state index is 12.7. The summed E-state index contributed by atoms with van der Waals surface area (Å²) >= 11 is 0. The molecular weight excluding hydrogens is 288 g/mol. The average Bonchev–Trinajstić information content (AvgIpc) is 2.36. The molecule has 1 aromatic rings. The van der Waals surface area contributed by atoms with E-state index in [9.17, 15) is 8.42 Å². The normalized spacial score (nSPS) is 27.4. The molecule has 116 valence electrons. The SMILES string of the molecule is COC1CC(N(C)S(=O)(=O)c2ccc(N)cc2)C12CCC2. The average molecular weight is 310 g/mol. The Kier molecular flexibility index (Phi) is 3.50. The molecule has 2 unspecified atom stereocenters. The van der Waals surface area contributed by atoms with Crippen molar-refractivity contribution in [3.63, 3.8) is 0 Å². The Morgan fingerprint density at radius 1 is 1.29 bits per heavy atom. The molecule has 2 fully saturated rings. The molecule has 1 spiro atoms. The Morgan fingerprint density at radius 2 is 1.90 bits per heavy atom. The van der Waals surface area contributed by atoms with Crippen molar-refractivity contribution >= 4 is 15.7 Å². The van der Waals surface area contributed by atoms with Crippen molar-refractivity contribution in [2.24, 2.45) is 5.41 Å². The lowest BCUT2D eigenvalue weighted by atomic mass is 9.51. The molecule has 2 aliphatic rings. The molecule has 0 heterocycles. The first-order chi connectivity index (χ1) is 9.91. The van der Waals surface area contributed by atoms with Crippen molar-refractivity contribution in [2.75, 3.05) is 19.9 Å². The fourth-order valence-electron chi connectivity index (χ4n) is 3.78. The van der Waals surface area contributed by atoms with Crippen molar-refractivity contribution in [2.45, 2.75) is 42.7 Å². The molecule has 0 aliphatic heterocycles. The smallest absolute Gasteiger partial charge is 0.243 e. The van der Waals surface area contributed by atoms with Gasteiger partial charge >= 0.3 is 0 Å². The fraction of sp³-hybridized carbons (Fsp3) is 0.600. The third kappa shape index (κ3) is 2.08. The van der Waals surface area contributed by atoms with Gasteiger partial charge in [-0.05, 0) is 43.5 Å². The number of hydrogen-bond acceptors (Lipinski definition) is 4. The number of hydrogen-bond donors (Lipinski definition) is 1. The van der Waals surface area contributed by atoms with Crippen molar-refractivity contribution in [3.8, 4) is 0 Å². The van der Waals surface area contributed by atoms with E-state index in [-0.39, 0.29) is 17.6 Å². The topological polar surface area (TPSA) is 72.6 Å². The Balaban J connectivity index is 1.85. The highest BCUT2D eigenvalue weighted by Gasteiger charge is 2.61. The van der Waals surface area contributed by atoms with E-state index in [1.807, 2.05) is 0 Å². The summed E-state index contributed by atoms with van der Waals surface area (Å²) in [5.74, 6) is 0. The molecule has 3 rings (SSSR count). The number of nitrogens with two attached hydrogens (primary N) is 1. The van der Waals surface area contributed by atoms with Crippen LogP contribution in [-0.4, -0.2) is 39.0 Å². The Hall–Kier alpha value is -1.11. The van der Waals surface area contributed by atoms with Crippen LogP contribution in [-0.2, 0) is 14.8 Å². The summed E-state index contributed by atoms with van der Waals surface area (Å²) in [4.78, 5) is 0.301. The molecule has 6 heteroatoms. The lowest BCUT2D eigenvalue weighted by Gasteiger charge is -2.62. The maximum absolute atomic E-state index is 12.7. The summed E-state index contributed by atoms with van der Waals surface area (Å²) in [6.07, 6.45) is 4.24. The number of rotatable bonds is 4. The second-order valence-corrected chi connectivity index (χ2v) is 8.15. The van der Waals surface area contributed by atoms with E-state index in [1.165, 1.54) is 4.31 Å². The predicted molar refractivity (Wildman–Crippen MR) is 81.3 cm³/mol. The second kappa shape index (κ2) is 4.97. The van der Waals surface area contributed by atoms with Gasteiger partial charge in [0.25, 0.3) is 0 Å². The molecule has 0 radical (unpaired) electrons. The number of sulfonamides is 1. The summed E-state index contributed by atoms with van der Waals surface area (Å²) < 4.78 is 32.5. The van der Waals surface area contributed by atoms with Gasteiger partial charge in [-0.2, -0.15) is 4.31 Å². The molecule has 1 aromatic carbocycles. The van der Waals surface area contributed by atoms with Crippen LogP contribution in [0.1, 0.15) is 25.7 Å². The Labute approximate surface area is 126 Å². The summed E-state index contributed by atoms with van der Waals surface area (Å²) in [7, 11) is -0.0720. The van der Waals surface area contributed by atoms with Gasteiger partial charge < -0.3 is 10.5 Å². The first-order valence-electron chi connectivity index (χ1n) is 7.28. The van der Waals surface area contributed by atoms with Gasteiger partial charge in [-0.25, -0.2) is 8.42 Å². The van der Waals surface area contributed by atoms with Gasteiger partial charge in [0.05, 0.1) is 11.0 Å². The molecule has 2 aliphatic carbocycles. The van der Waals surface area contributed by atoms with E-state index in [1.54, 1.807) is 38.4 Å². The highest BCUT2D eigenvalue weighted by Crippen LogP contribution is 2.59. The van der Waals surface area contributed by atoms with Crippen LogP contribution in [0.15, 0.2) is 29.2 Å². The number of benzene rings is 1. The van der Waals surface area contributed by atoms with E-state index in [0.717, 1.165) is 25.7 Å². The largest absolute Gasteiger partial charge is 0.399 e. The van der Waals surface area contributed by atoms with Gasteiger partial charge in [0, 0.05) is 31.3 Å². The van der Waals surface area contributed by atoms with Crippen molar-refractivity contribution < 1.29 is 13.2 Å². The molecule has 2 atom stereocenters. The number of ether oxygens (including phenoxy) is 1. The van der Waals surface area contributed by atoms with Crippen molar-refractivity contribution in [3.05, 3.63) is 24.3 Å². The van der Waals surface area contributed by atoms with Crippen LogP contribution in [0.3, 0.4) is 0 Å². The number of nitrogens with zero attached hydrogens (tertiary/aromatic N) is 1. The lowest BCUT2D eigenvalue weighted by molar-refractivity contribution is -0.177. The summed E-state index contributed by atoms with van der Waals surface area (Å²) in [6.45, 7) is 0. The number of methoxy groups -OCH3 is 1. The molecule has 0 saturated heterocycles. The van der Waals surface area contributed by atoms with E-state index in [2.05, 4.69) is 0 Å². The van der Waals surface area contributed by atoms with Crippen LogP contribution in [0.4, 0.5) is 5.69 Å². The molecule has 2 N–H and O–H groups in total. The minimum Gasteiger partial charge on any atom is -0.399 e. The minimum atomic E-state index is -3.47. The van der Waals surface area contributed by atoms with Gasteiger partial charge in [-0.3, -0.25) is 0 Å². The van der Waals surface area contributed by atoms with Crippen LogP contribution < -0.4 is 5.73 Å². The van der Waals surface area contributed by atoms with E-state index >= 15 is 0 Å². The standard InChI is InChI=1S/C15H22N2O3S/c1-17(13-10-14(20-2)15(13)8-3-9-15)21(18,19)12-6-4-11(16)5-7-12/h4-7,13-14H,3,8-10,16H2,1-2H3. The second-order valence-electron chi connectivity index (χ2n) is 6.15. The van der Waals surface area contributed by atoms with Crippen LogP contribution in [0.5, 0.6) is 0 Å². The predicted octanol–water partition coefficient (Wildman–Crippen LogP) is 1.85. The zero-order valence-corrected chi connectivity index (χ0v) is 13.3. The summed E-state index contributed by atoms with van der Waals surface area (Å²) in [6, 6.07) is 6.43. The first-order valence-corrected chi connectivity index (χ1v) is 8.72. The Bertz CT molecular complexity index is 623. The molecule has 5 nitrogen and oxygen atoms in total. The Morgan fingerprint density at radius 3 is 2.38 bits per heavy atom. The highest BCUT2D eigenvalue weighted by atomic mass is 32.2. The lowest BCUT2D eigenvalue weighted by Crippen LogP contribution is -2.67. The van der Waals surface area contributed by atoms with Gasteiger partial charge in [0.2, 0.25) is 10.0 Å². The highest BCUT2D eigenvalue weighted by molar-refractivity contribution is 7.89. The summed E-state index contributed by atoms with van der Waals surface area (Å²) in [5, 5.41) is 0. The summed E-state index contributed by atoms with van der Waals surface area (Å²) in [5.41, 5.74) is 6.23. The molecule has 2 saturated carbocycles. The van der Waals surface area contributed by atoms with Gasteiger partial charge in [0.15, 0.2) is 0 Å². The van der Waals surface area contributed by atoms with Crippen LogP contribution >= 0.6 is 0 Å². The molecule has 21 heavy (non-hydrogen) atoms. The maximum Gasteiger partial charge on any atom is 0.243 e. The number of anilines is 1. The van der Waals surface area contributed by atoms with Gasteiger partial charge in [-0.15, -0.1) is 0 Å². The first kappa shape index (κ1) is 14.8. The molecule has 0 bridgehead atoms. The third-order valence-corrected chi connectivity index (χ3v) is 7.19. The zero-order chi connectivity index (χ0) is 15.3. The van der Waals surface area contributed by atoms with E-state index < -0.39 is 10.0 Å².